The molecule has 4 rings (SSSR count). The van der Waals surface area contributed by atoms with E-state index in [2.05, 4.69) is 24.8 Å². The van der Waals surface area contributed by atoms with E-state index in [1.165, 1.54) is 11.5 Å². The van der Waals surface area contributed by atoms with E-state index in [4.69, 9.17) is 11.5 Å². The van der Waals surface area contributed by atoms with Gasteiger partial charge in [-0.15, -0.1) is 0 Å². The Kier molecular flexibility index (Phi) is 3.82. The lowest BCUT2D eigenvalue weighted by Crippen LogP contribution is -2.08. The SMILES string of the molecule is Cn1cc(-c2cnc3c(Nc4cc(N)ns4)nc(CCN)cn23)cn1. The van der Waals surface area contributed by atoms with Gasteiger partial charge in [0.2, 0.25) is 0 Å². The van der Waals surface area contributed by atoms with Crippen LogP contribution in [0.5, 0.6) is 0 Å². The minimum Gasteiger partial charge on any atom is -0.383 e. The van der Waals surface area contributed by atoms with Crippen molar-refractivity contribution in [2.75, 3.05) is 17.6 Å². The van der Waals surface area contributed by atoms with Crippen LogP contribution in [0.4, 0.5) is 16.6 Å². The molecule has 5 N–H and O–H groups in total. The molecule has 0 atom stereocenters. The highest BCUT2D eigenvalue weighted by atomic mass is 32.1. The summed E-state index contributed by atoms with van der Waals surface area (Å²) in [6, 6.07) is 1.77. The fourth-order valence-electron chi connectivity index (χ4n) is 2.62. The number of nitrogen functional groups attached to an aromatic ring is 1. The smallest absolute Gasteiger partial charge is 0.180 e. The molecule has 0 aliphatic carbocycles. The van der Waals surface area contributed by atoms with Crippen molar-refractivity contribution in [2.45, 2.75) is 6.42 Å². The van der Waals surface area contributed by atoms with E-state index < -0.39 is 0 Å². The van der Waals surface area contributed by atoms with Gasteiger partial charge < -0.3 is 16.8 Å². The minimum absolute atomic E-state index is 0.473. The first-order valence-corrected chi connectivity index (χ1v) is 8.46. The van der Waals surface area contributed by atoms with Crippen molar-refractivity contribution in [3.63, 3.8) is 0 Å². The summed E-state index contributed by atoms with van der Waals surface area (Å²) in [6.07, 6.45) is 8.20. The number of rotatable bonds is 5. The molecule has 0 radical (unpaired) electrons. The van der Waals surface area contributed by atoms with E-state index in [1.807, 2.05) is 36.2 Å². The van der Waals surface area contributed by atoms with Crippen LogP contribution in [0.1, 0.15) is 5.69 Å². The second-order valence-corrected chi connectivity index (χ2v) is 6.41. The summed E-state index contributed by atoms with van der Waals surface area (Å²) >= 11 is 1.28. The summed E-state index contributed by atoms with van der Waals surface area (Å²) < 4.78 is 7.84. The molecule has 0 amide bonds. The largest absolute Gasteiger partial charge is 0.383 e. The van der Waals surface area contributed by atoms with Crippen LogP contribution in [0, 0.1) is 0 Å². The van der Waals surface area contributed by atoms with Gasteiger partial charge in [0.1, 0.15) is 10.8 Å². The molecular formula is C15H17N9S. The molecule has 4 aromatic heterocycles. The Morgan fingerprint density at radius 3 is 2.84 bits per heavy atom. The summed E-state index contributed by atoms with van der Waals surface area (Å²) in [5, 5.41) is 8.30. The molecule has 0 saturated carbocycles. The first-order valence-electron chi connectivity index (χ1n) is 7.69. The van der Waals surface area contributed by atoms with Crippen molar-refractivity contribution in [3.05, 3.63) is 36.5 Å². The topological polar surface area (TPSA) is 125 Å². The highest BCUT2D eigenvalue weighted by molar-refractivity contribution is 7.10. The highest BCUT2D eigenvalue weighted by Gasteiger charge is 2.14. The van der Waals surface area contributed by atoms with E-state index in [0.29, 0.717) is 30.2 Å². The van der Waals surface area contributed by atoms with Crippen LogP contribution in [0.2, 0.25) is 0 Å². The zero-order chi connectivity index (χ0) is 17.4. The number of fused-ring (bicyclic) bond motifs is 1. The second-order valence-electron chi connectivity index (χ2n) is 5.60. The minimum atomic E-state index is 0.473. The average molecular weight is 355 g/mol. The fourth-order valence-corrected chi connectivity index (χ4v) is 3.19. The molecule has 0 spiro atoms. The van der Waals surface area contributed by atoms with Gasteiger partial charge in [0.25, 0.3) is 0 Å². The Bertz CT molecular complexity index is 1030. The van der Waals surface area contributed by atoms with Crippen LogP contribution in [-0.4, -0.2) is 35.1 Å². The molecule has 0 saturated heterocycles. The molecule has 4 aromatic rings. The molecule has 0 fully saturated rings. The normalized spacial score (nSPS) is 11.3. The number of anilines is 3. The Morgan fingerprint density at radius 2 is 2.16 bits per heavy atom. The predicted octanol–water partition coefficient (Wildman–Crippen LogP) is 1.41. The van der Waals surface area contributed by atoms with E-state index in [-0.39, 0.29) is 0 Å². The van der Waals surface area contributed by atoms with Crippen molar-refractivity contribution in [1.82, 2.24) is 28.5 Å². The Hall–Kier alpha value is -2.98. The van der Waals surface area contributed by atoms with Gasteiger partial charge >= 0.3 is 0 Å². The number of aryl methyl sites for hydroxylation is 1. The fraction of sp³-hybridized carbons (Fsp3) is 0.200. The van der Waals surface area contributed by atoms with Gasteiger partial charge in [-0.25, -0.2) is 9.97 Å². The molecule has 0 aliphatic heterocycles. The van der Waals surface area contributed by atoms with Crippen LogP contribution in [0.15, 0.2) is 30.9 Å². The molecule has 9 nitrogen and oxygen atoms in total. The van der Waals surface area contributed by atoms with Crippen LogP contribution in [-0.2, 0) is 13.5 Å². The van der Waals surface area contributed by atoms with Crippen molar-refractivity contribution >= 4 is 33.8 Å². The van der Waals surface area contributed by atoms with E-state index in [1.54, 1.807) is 10.7 Å². The summed E-state index contributed by atoms with van der Waals surface area (Å²) in [6.45, 7) is 0.516. The lowest BCUT2D eigenvalue weighted by Gasteiger charge is -2.09. The number of hydrogen-bond acceptors (Lipinski definition) is 8. The molecule has 25 heavy (non-hydrogen) atoms. The van der Waals surface area contributed by atoms with Crippen molar-refractivity contribution in [2.24, 2.45) is 12.8 Å². The van der Waals surface area contributed by atoms with Crippen molar-refractivity contribution in [1.29, 1.82) is 0 Å². The Balaban J connectivity index is 1.85. The third-order valence-corrected chi connectivity index (χ3v) is 4.43. The zero-order valence-corrected chi connectivity index (χ0v) is 14.4. The quantitative estimate of drug-likeness (QED) is 0.494. The maximum absolute atomic E-state index is 5.72. The maximum atomic E-state index is 5.72. The van der Waals surface area contributed by atoms with Gasteiger partial charge in [0.15, 0.2) is 11.5 Å². The number of nitrogens with one attached hydrogen (secondary N) is 1. The van der Waals surface area contributed by atoms with Crippen LogP contribution in [0.3, 0.4) is 0 Å². The molecule has 0 bridgehead atoms. The van der Waals surface area contributed by atoms with Gasteiger partial charge in [-0.2, -0.15) is 9.47 Å². The number of hydrogen-bond donors (Lipinski definition) is 3. The average Bonchev–Trinajstić information content (AvgIpc) is 3.28. The van der Waals surface area contributed by atoms with E-state index in [9.17, 15) is 0 Å². The molecule has 0 aliphatic rings. The molecule has 0 aromatic carbocycles. The molecule has 0 unspecified atom stereocenters. The number of aromatic nitrogens is 6. The molecular weight excluding hydrogens is 338 g/mol. The molecule has 128 valence electrons. The molecule has 4 heterocycles. The van der Waals surface area contributed by atoms with Crippen LogP contribution < -0.4 is 16.8 Å². The first-order chi connectivity index (χ1) is 12.1. The predicted molar refractivity (Wildman–Crippen MR) is 97.8 cm³/mol. The summed E-state index contributed by atoms with van der Waals surface area (Å²) in [4.78, 5) is 9.18. The maximum Gasteiger partial charge on any atom is 0.180 e. The highest BCUT2D eigenvalue weighted by Crippen LogP contribution is 2.28. The third-order valence-electron chi connectivity index (χ3n) is 3.71. The monoisotopic (exact) mass is 355 g/mol. The van der Waals surface area contributed by atoms with Crippen molar-refractivity contribution < 1.29 is 0 Å². The van der Waals surface area contributed by atoms with E-state index >= 15 is 0 Å². The Labute approximate surface area is 147 Å². The van der Waals surface area contributed by atoms with Gasteiger partial charge in [0.05, 0.1) is 23.8 Å². The lowest BCUT2D eigenvalue weighted by atomic mass is 10.2. The third kappa shape index (κ3) is 2.92. The Morgan fingerprint density at radius 1 is 1.28 bits per heavy atom. The van der Waals surface area contributed by atoms with E-state index in [0.717, 1.165) is 22.0 Å². The summed E-state index contributed by atoms with van der Waals surface area (Å²) in [7, 11) is 1.88. The first kappa shape index (κ1) is 15.5. The van der Waals surface area contributed by atoms with Gasteiger partial charge in [-0.05, 0) is 18.1 Å². The lowest BCUT2D eigenvalue weighted by molar-refractivity contribution is 0.768. The van der Waals surface area contributed by atoms with Gasteiger partial charge in [-0.1, -0.05) is 0 Å². The van der Waals surface area contributed by atoms with Crippen LogP contribution >= 0.6 is 11.5 Å². The summed E-state index contributed by atoms with van der Waals surface area (Å²) in [5.41, 5.74) is 14.9. The second kappa shape index (κ2) is 6.15. The van der Waals surface area contributed by atoms with Gasteiger partial charge in [0, 0.05) is 37.5 Å². The number of nitrogens with zero attached hydrogens (tertiary/aromatic N) is 6. The zero-order valence-electron chi connectivity index (χ0n) is 13.5. The standard InChI is InChI=1S/C15H17N9S/c1-23-7-9(5-19-23)11-6-18-15-14(21-13-4-12(17)22-25-13)20-10(2-3-16)8-24(11)15/h4-8H,2-3,16H2,1H3,(H2,17,22)(H,20,21). The van der Waals surface area contributed by atoms with Gasteiger partial charge in [-0.3, -0.25) is 9.08 Å². The molecule has 10 heteroatoms. The number of nitrogens with two attached hydrogens (primary N) is 2. The van der Waals surface area contributed by atoms with Crippen molar-refractivity contribution in [3.8, 4) is 11.3 Å². The number of imidazole rings is 1. The summed E-state index contributed by atoms with van der Waals surface area (Å²) in [5.74, 6) is 1.12. The van der Waals surface area contributed by atoms with Crippen LogP contribution in [0.25, 0.3) is 16.9 Å².